The van der Waals surface area contributed by atoms with Crippen molar-refractivity contribution >= 4 is 0 Å². The molecule has 2 aromatic heterocycles. The Morgan fingerprint density at radius 3 is 2.36 bits per heavy atom. The summed E-state index contributed by atoms with van der Waals surface area (Å²) >= 11 is 0. The first-order chi connectivity index (χ1) is 10.6. The van der Waals surface area contributed by atoms with Gasteiger partial charge in [-0.2, -0.15) is 0 Å². The lowest BCUT2D eigenvalue weighted by atomic mass is 10.1. The third-order valence-electron chi connectivity index (χ3n) is 4.96. The maximum Gasteiger partial charge on any atom is 0.263 e. The molecule has 0 aliphatic heterocycles. The molecule has 0 amide bonds. The lowest BCUT2D eigenvalue weighted by Crippen LogP contribution is -2.35. The first kappa shape index (κ1) is 14.1. The summed E-state index contributed by atoms with van der Waals surface area (Å²) in [5.41, 5.74) is 1.04. The maximum atomic E-state index is 5.82. The molecule has 2 fully saturated rings. The van der Waals surface area contributed by atoms with E-state index >= 15 is 0 Å². The van der Waals surface area contributed by atoms with Gasteiger partial charge in [-0.3, -0.25) is 4.90 Å². The Balaban J connectivity index is 1.51. The number of aryl methyl sites for hydroxylation is 2. The number of hydrogen-bond donors (Lipinski definition) is 0. The van der Waals surface area contributed by atoms with Crippen molar-refractivity contribution in [2.45, 2.75) is 52.1 Å². The minimum absolute atomic E-state index is 0.600. The van der Waals surface area contributed by atoms with E-state index in [1.165, 1.54) is 25.7 Å². The Hall–Kier alpha value is -1.55. The third kappa shape index (κ3) is 2.72. The average Bonchev–Trinajstić information content (AvgIpc) is 3.39. The van der Waals surface area contributed by atoms with Crippen molar-refractivity contribution in [1.82, 2.24) is 9.88 Å². The van der Waals surface area contributed by atoms with Crippen LogP contribution in [0.3, 0.4) is 0 Å². The molecule has 4 heteroatoms. The van der Waals surface area contributed by atoms with Crippen LogP contribution in [-0.4, -0.2) is 23.0 Å². The summed E-state index contributed by atoms with van der Waals surface area (Å²) in [7, 11) is 2.24. The second-order valence-corrected chi connectivity index (χ2v) is 7.01. The molecule has 4 rings (SSSR count). The summed E-state index contributed by atoms with van der Waals surface area (Å²) < 4.78 is 11.4. The van der Waals surface area contributed by atoms with Crippen molar-refractivity contribution < 1.29 is 8.83 Å². The fourth-order valence-corrected chi connectivity index (χ4v) is 3.55. The highest BCUT2D eigenvalue weighted by molar-refractivity contribution is 5.45. The SMILES string of the molecule is Cc1ccc(-c2nc(CN(C)C(C3CC3)C3CC3)c(C)o2)o1. The van der Waals surface area contributed by atoms with E-state index in [0.29, 0.717) is 5.89 Å². The lowest BCUT2D eigenvalue weighted by molar-refractivity contribution is 0.184. The van der Waals surface area contributed by atoms with E-state index in [-0.39, 0.29) is 0 Å². The zero-order valence-corrected chi connectivity index (χ0v) is 13.6. The van der Waals surface area contributed by atoms with Crippen LogP contribution in [0.2, 0.25) is 0 Å². The van der Waals surface area contributed by atoms with Crippen LogP contribution >= 0.6 is 0 Å². The van der Waals surface area contributed by atoms with E-state index in [1.807, 2.05) is 26.0 Å². The second-order valence-electron chi connectivity index (χ2n) is 7.01. The van der Waals surface area contributed by atoms with Gasteiger partial charge in [-0.1, -0.05) is 0 Å². The minimum atomic E-state index is 0.600. The Bertz CT molecular complexity index is 652. The highest BCUT2D eigenvalue weighted by Gasteiger charge is 2.43. The topological polar surface area (TPSA) is 42.4 Å². The summed E-state index contributed by atoms with van der Waals surface area (Å²) in [6, 6.07) is 4.60. The van der Waals surface area contributed by atoms with Gasteiger partial charge in [0.15, 0.2) is 5.76 Å². The van der Waals surface area contributed by atoms with Gasteiger partial charge in [0.2, 0.25) is 0 Å². The van der Waals surface area contributed by atoms with Gasteiger partial charge in [0, 0.05) is 12.6 Å². The molecule has 0 radical (unpaired) electrons. The quantitative estimate of drug-likeness (QED) is 0.803. The van der Waals surface area contributed by atoms with Crippen molar-refractivity contribution in [3.63, 3.8) is 0 Å². The average molecular weight is 300 g/mol. The van der Waals surface area contributed by atoms with E-state index in [2.05, 4.69) is 16.9 Å². The van der Waals surface area contributed by atoms with E-state index in [0.717, 1.165) is 47.4 Å². The van der Waals surface area contributed by atoms with E-state index in [1.54, 1.807) is 0 Å². The van der Waals surface area contributed by atoms with Crippen LogP contribution in [0.5, 0.6) is 0 Å². The second kappa shape index (κ2) is 5.27. The molecule has 0 atom stereocenters. The van der Waals surface area contributed by atoms with Crippen molar-refractivity contribution in [3.05, 3.63) is 29.3 Å². The van der Waals surface area contributed by atoms with Crippen molar-refractivity contribution in [3.8, 4) is 11.7 Å². The fraction of sp³-hybridized carbons (Fsp3) is 0.611. The van der Waals surface area contributed by atoms with E-state index in [4.69, 9.17) is 8.83 Å². The highest BCUT2D eigenvalue weighted by Crippen LogP contribution is 2.47. The first-order valence-electron chi connectivity index (χ1n) is 8.35. The maximum absolute atomic E-state index is 5.82. The molecule has 0 unspecified atom stereocenters. The number of aromatic nitrogens is 1. The molecule has 0 saturated heterocycles. The monoisotopic (exact) mass is 300 g/mol. The summed E-state index contributed by atoms with van der Waals surface area (Å²) in [5, 5.41) is 0. The largest absolute Gasteiger partial charge is 0.456 e. The number of hydrogen-bond acceptors (Lipinski definition) is 4. The van der Waals surface area contributed by atoms with Gasteiger partial charge in [0.25, 0.3) is 5.89 Å². The molecule has 0 N–H and O–H groups in total. The molecule has 2 heterocycles. The van der Waals surface area contributed by atoms with Gasteiger partial charge in [0.1, 0.15) is 11.5 Å². The molecular weight excluding hydrogens is 276 g/mol. The Morgan fingerprint density at radius 1 is 1.14 bits per heavy atom. The number of oxazole rings is 1. The van der Waals surface area contributed by atoms with Crippen LogP contribution in [0.25, 0.3) is 11.7 Å². The molecule has 0 spiro atoms. The highest BCUT2D eigenvalue weighted by atomic mass is 16.4. The lowest BCUT2D eigenvalue weighted by Gasteiger charge is -2.27. The number of furan rings is 1. The van der Waals surface area contributed by atoms with Crippen LogP contribution in [-0.2, 0) is 6.54 Å². The summed E-state index contributed by atoms with van der Waals surface area (Å²) in [4.78, 5) is 7.17. The third-order valence-corrected chi connectivity index (χ3v) is 4.96. The zero-order valence-electron chi connectivity index (χ0n) is 13.6. The van der Waals surface area contributed by atoms with Gasteiger partial charge >= 0.3 is 0 Å². The van der Waals surface area contributed by atoms with Crippen molar-refractivity contribution in [2.24, 2.45) is 11.8 Å². The van der Waals surface area contributed by atoms with Gasteiger partial charge in [-0.05, 0) is 70.5 Å². The van der Waals surface area contributed by atoms with Crippen LogP contribution in [0.4, 0.5) is 0 Å². The molecule has 0 bridgehead atoms. The summed E-state index contributed by atoms with van der Waals surface area (Å²) in [6.07, 6.45) is 5.61. The smallest absolute Gasteiger partial charge is 0.263 e. The summed E-state index contributed by atoms with van der Waals surface area (Å²) in [6.45, 7) is 4.80. The van der Waals surface area contributed by atoms with Gasteiger partial charge in [-0.15, -0.1) is 0 Å². The predicted molar refractivity (Wildman–Crippen MR) is 84.4 cm³/mol. The van der Waals surface area contributed by atoms with Gasteiger partial charge in [-0.25, -0.2) is 4.98 Å². The molecule has 118 valence electrons. The van der Waals surface area contributed by atoms with Crippen LogP contribution in [0.15, 0.2) is 21.0 Å². The Kier molecular flexibility index (Phi) is 3.37. The van der Waals surface area contributed by atoms with Crippen LogP contribution in [0.1, 0.15) is 42.9 Å². The number of rotatable bonds is 6. The van der Waals surface area contributed by atoms with E-state index < -0.39 is 0 Å². The molecule has 2 saturated carbocycles. The number of nitrogens with zero attached hydrogens (tertiary/aromatic N) is 2. The van der Waals surface area contributed by atoms with Gasteiger partial charge in [0.05, 0.1) is 5.69 Å². The summed E-state index contributed by atoms with van der Waals surface area (Å²) in [5.74, 6) is 4.93. The van der Waals surface area contributed by atoms with Gasteiger partial charge < -0.3 is 8.83 Å². The van der Waals surface area contributed by atoms with E-state index in [9.17, 15) is 0 Å². The molecule has 22 heavy (non-hydrogen) atoms. The van der Waals surface area contributed by atoms with Crippen molar-refractivity contribution in [1.29, 1.82) is 0 Å². The zero-order chi connectivity index (χ0) is 15.3. The molecule has 4 nitrogen and oxygen atoms in total. The predicted octanol–water partition coefficient (Wildman–Crippen LogP) is 4.17. The van der Waals surface area contributed by atoms with Crippen LogP contribution < -0.4 is 0 Å². The molecule has 2 aliphatic carbocycles. The fourth-order valence-electron chi connectivity index (χ4n) is 3.55. The first-order valence-corrected chi connectivity index (χ1v) is 8.35. The Labute approximate surface area is 131 Å². The molecule has 0 aromatic carbocycles. The molecule has 2 aliphatic rings. The standard InChI is InChI=1S/C18H24N2O2/c1-11-4-9-16(21-11)18-19-15(12(2)22-18)10-20(3)17(13-5-6-13)14-7-8-14/h4,9,13-14,17H,5-8,10H2,1-3H3. The van der Waals surface area contributed by atoms with Crippen LogP contribution in [0, 0.1) is 25.7 Å². The van der Waals surface area contributed by atoms with Crippen molar-refractivity contribution in [2.75, 3.05) is 7.05 Å². The molecule has 2 aromatic rings. The normalized spacial score (nSPS) is 18.6. The minimum Gasteiger partial charge on any atom is -0.456 e. The Morgan fingerprint density at radius 2 is 1.82 bits per heavy atom. The molecular formula is C18H24N2O2.